The van der Waals surface area contributed by atoms with Crippen molar-refractivity contribution in [1.82, 2.24) is 29.9 Å². The van der Waals surface area contributed by atoms with E-state index in [2.05, 4.69) is 30.4 Å². The number of pyridine rings is 1. The zero-order chi connectivity index (χ0) is 17.1. The number of carbonyl (C=O) groups excluding carboxylic acids is 1. The lowest BCUT2D eigenvalue weighted by molar-refractivity contribution is -0.125. The normalized spacial score (nSPS) is 17.6. The van der Waals surface area contributed by atoms with E-state index >= 15 is 0 Å². The molecule has 8 nitrogen and oxygen atoms in total. The number of hydrogen-bond donors (Lipinski definition) is 1. The monoisotopic (exact) mass is 337 g/mol. The predicted octanol–water partition coefficient (Wildman–Crippen LogP) is 1.05. The number of rotatable bonds is 4. The van der Waals surface area contributed by atoms with Gasteiger partial charge in [-0.15, -0.1) is 10.2 Å². The van der Waals surface area contributed by atoms with Crippen molar-refractivity contribution in [3.8, 4) is 0 Å². The molecule has 0 aliphatic carbocycles. The number of piperidine rings is 1. The average Bonchev–Trinajstić information content (AvgIpc) is 3.10. The number of hydrogen-bond acceptors (Lipinski definition) is 6. The molecule has 1 aliphatic heterocycles. The van der Waals surface area contributed by atoms with Gasteiger partial charge in [-0.25, -0.2) is 9.97 Å². The number of amides is 1. The van der Waals surface area contributed by atoms with Crippen molar-refractivity contribution >= 4 is 17.5 Å². The summed E-state index contributed by atoms with van der Waals surface area (Å²) in [6, 6.07) is 7.51. The van der Waals surface area contributed by atoms with Gasteiger partial charge in [0.25, 0.3) is 0 Å². The lowest BCUT2D eigenvalue weighted by Gasteiger charge is -2.31. The van der Waals surface area contributed by atoms with Crippen molar-refractivity contribution in [2.75, 3.05) is 18.0 Å². The van der Waals surface area contributed by atoms with E-state index in [1.165, 1.54) is 0 Å². The van der Waals surface area contributed by atoms with Crippen LogP contribution in [0.5, 0.6) is 0 Å². The lowest BCUT2D eigenvalue weighted by atomic mass is 9.97. The van der Waals surface area contributed by atoms with Gasteiger partial charge in [-0.3, -0.25) is 9.20 Å². The van der Waals surface area contributed by atoms with Gasteiger partial charge < -0.3 is 10.2 Å². The Labute approximate surface area is 144 Å². The van der Waals surface area contributed by atoms with Crippen molar-refractivity contribution in [2.45, 2.75) is 19.4 Å². The second kappa shape index (κ2) is 6.84. The highest BCUT2D eigenvalue weighted by Gasteiger charge is 2.27. The molecule has 25 heavy (non-hydrogen) atoms. The lowest BCUT2D eigenvalue weighted by Crippen LogP contribution is -2.43. The molecule has 0 radical (unpaired) electrons. The van der Waals surface area contributed by atoms with Crippen molar-refractivity contribution < 1.29 is 4.79 Å². The third-order valence-electron chi connectivity index (χ3n) is 4.43. The molecule has 1 saturated heterocycles. The first-order valence-electron chi connectivity index (χ1n) is 8.39. The molecule has 3 aromatic rings. The van der Waals surface area contributed by atoms with Crippen LogP contribution in [0.4, 0.5) is 5.95 Å². The molecule has 0 spiro atoms. The number of nitrogens with zero attached hydrogens (tertiary/aromatic N) is 6. The summed E-state index contributed by atoms with van der Waals surface area (Å²) in [6.07, 6.45) is 7.16. The molecule has 1 fully saturated rings. The second-order valence-electron chi connectivity index (χ2n) is 6.10. The van der Waals surface area contributed by atoms with Crippen LogP contribution < -0.4 is 10.2 Å². The van der Waals surface area contributed by atoms with Crippen LogP contribution in [0.2, 0.25) is 0 Å². The minimum Gasteiger partial charge on any atom is -0.348 e. The van der Waals surface area contributed by atoms with E-state index in [1.807, 2.05) is 28.8 Å². The van der Waals surface area contributed by atoms with E-state index in [1.54, 1.807) is 18.5 Å². The number of fused-ring (bicyclic) bond motifs is 1. The summed E-state index contributed by atoms with van der Waals surface area (Å²) in [7, 11) is 0. The Bertz CT molecular complexity index is 864. The molecular weight excluding hydrogens is 318 g/mol. The van der Waals surface area contributed by atoms with Gasteiger partial charge in [0.2, 0.25) is 11.9 Å². The molecule has 1 amide bonds. The van der Waals surface area contributed by atoms with Gasteiger partial charge in [-0.05, 0) is 31.0 Å². The largest absolute Gasteiger partial charge is 0.348 e. The number of aromatic nitrogens is 5. The molecule has 1 unspecified atom stereocenters. The van der Waals surface area contributed by atoms with Crippen molar-refractivity contribution in [3.63, 3.8) is 0 Å². The Morgan fingerprint density at radius 3 is 2.96 bits per heavy atom. The third kappa shape index (κ3) is 3.28. The summed E-state index contributed by atoms with van der Waals surface area (Å²) >= 11 is 0. The molecule has 1 atom stereocenters. The van der Waals surface area contributed by atoms with E-state index in [9.17, 15) is 4.79 Å². The smallest absolute Gasteiger partial charge is 0.225 e. The molecule has 0 aromatic carbocycles. The fourth-order valence-corrected chi connectivity index (χ4v) is 3.15. The Hall–Kier alpha value is -3.03. The van der Waals surface area contributed by atoms with Crippen LogP contribution in [0.25, 0.3) is 5.65 Å². The molecule has 0 bridgehead atoms. The van der Waals surface area contributed by atoms with Gasteiger partial charge in [0.1, 0.15) is 0 Å². The maximum atomic E-state index is 12.6. The van der Waals surface area contributed by atoms with E-state index in [0.717, 1.165) is 30.9 Å². The summed E-state index contributed by atoms with van der Waals surface area (Å²) in [4.78, 5) is 23.2. The average molecular weight is 337 g/mol. The summed E-state index contributed by atoms with van der Waals surface area (Å²) in [5, 5.41) is 11.2. The molecular formula is C17H19N7O. The highest BCUT2D eigenvalue weighted by atomic mass is 16.1. The first-order chi connectivity index (χ1) is 12.3. The van der Waals surface area contributed by atoms with Crippen LogP contribution in [0.1, 0.15) is 18.7 Å². The van der Waals surface area contributed by atoms with Gasteiger partial charge in [0, 0.05) is 31.7 Å². The molecule has 8 heteroatoms. The van der Waals surface area contributed by atoms with E-state index in [-0.39, 0.29) is 11.8 Å². The Kier molecular flexibility index (Phi) is 4.24. The van der Waals surface area contributed by atoms with Gasteiger partial charge >= 0.3 is 0 Å². The molecule has 128 valence electrons. The van der Waals surface area contributed by atoms with E-state index < -0.39 is 0 Å². The predicted molar refractivity (Wildman–Crippen MR) is 91.8 cm³/mol. The van der Waals surface area contributed by atoms with Gasteiger partial charge in [0.05, 0.1) is 12.5 Å². The summed E-state index contributed by atoms with van der Waals surface area (Å²) in [5.41, 5.74) is 0.775. The highest BCUT2D eigenvalue weighted by molar-refractivity contribution is 5.79. The molecule has 1 aliphatic rings. The first-order valence-corrected chi connectivity index (χ1v) is 8.39. The molecule has 0 saturated carbocycles. The Morgan fingerprint density at radius 2 is 2.08 bits per heavy atom. The molecule has 4 heterocycles. The minimum atomic E-state index is -0.0725. The quantitative estimate of drug-likeness (QED) is 0.766. The standard InChI is InChI=1S/C17H19N7O/c25-16(20-11-15-22-21-14-6-1-2-10-24(14)15)13-5-3-9-23(12-13)17-18-7-4-8-19-17/h1-2,4,6-8,10,13H,3,5,9,11-12H2,(H,20,25). The SMILES string of the molecule is O=C(NCc1nnc2ccccn12)C1CCCN(c2ncccn2)C1. The topological polar surface area (TPSA) is 88.3 Å². The van der Waals surface area contributed by atoms with Crippen molar-refractivity contribution in [1.29, 1.82) is 0 Å². The Balaban J connectivity index is 1.39. The fraction of sp³-hybridized carbons (Fsp3) is 0.353. The van der Waals surface area contributed by atoms with E-state index in [4.69, 9.17) is 0 Å². The van der Waals surface area contributed by atoms with Crippen LogP contribution in [0.3, 0.4) is 0 Å². The molecule has 3 aromatic heterocycles. The third-order valence-corrected chi connectivity index (χ3v) is 4.43. The van der Waals surface area contributed by atoms with Crippen LogP contribution in [0.15, 0.2) is 42.9 Å². The van der Waals surface area contributed by atoms with Gasteiger partial charge in [0.15, 0.2) is 11.5 Å². The number of carbonyl (C=O) groups is 1. The number of anilines is 1. The zero-order valence-corrected chi connectivity index (χ0v) is 13.7. The first kappa shape index (κ1) is 15.5. The summed E-state index contributed by atoms with van der Waals surface area (Å²) in [5.74, 6) is 1.37. The van der Waals surface area contributed by atoms with Gasteiger partial charge in [-0.1, -0.05) is 6.07 Å². The number of nitrogens with one attached hydrogen (secondary N) is 1. The Morgan fingerprint density at radius 1 is 1.20 bits per heavy atom. The second-order valence-corrected chi connectivity index (χ2v) is 6.10. The van der Waals surface area contributed by atoms with E-state index in [0.29, 0.717) is 19.0 Å². The van der Waals surface area contributed by atoms with Crippen LogP contribution >= 0.6 is 0 Å². The summed E-state index contributed by atoms with van der Waals surface area (Å²) in [6.45, 7) is 1.88. The maximum absolute atomic E-state index is 12.6. The van der Waals surface area contributed by atoms with Crippen LogP contribution in [0, 0.1) is 5.92 Å². The van der Waals surface area contributed by atoms with Gasteiger partial charge in [-0.2, -0.15) is 0 Å². The molecule has 1 N–H and O–H groups in total. The van der Waals surface area contributed by atoms with Crippen LogP contribution in [-0.4, -0.2) is 43.6 Å². The minimum absolute atomic E-state index is 0.0355. The van der Waals surface area contributed by atoms with Crippen molar-refractivity contribution in [3.05, 3.63) is 48.7 Å². The molecule has 4 rings (SSSR count). The zero-order valence-electron chi connectivity index (χ0n) is 13.7. The maximum Gasteiger partial charge on any atom is 0.225 e. The highest BCUT2D eigenvalue weighted by Crippen LogP contribution is 2.20. The van der Waals surface area contributed by atoms with Crippen LogP contribution in [-0.2, 0) is 11.3 Å². The fourth-order valence-electron chi connectivity index (χ4n) is 3.15. The summed E-state index contributed by atoms with van der Waals surface area (Å²) < 4.78 is 1.88. The van der Waals surface area contributed by atoms with Crippen molar-refractivity contribution in [2.24, 2.45) is 5.92 Å².